The molecule has 0 atom stereocenters. The molecule has 17 heavy (non-hydrogen) atoms. The fourth-order valence-electron chi connectivity index (χ4n) is 1.77. The summed E-state index contributed by atoms with van der Waals surface area (Å²) < 4.78 is 0. The van der Waals surface area contributed by atoms with Gasteiger partial charge in [0.05, 0.1) is 11.9 Å². The monoisotopic (exact) mass is 227 g/mol. The summed E-state index contributed by atoms with van der Waals surface area (Å²) in [5.41, 5.74) is 1.35. The highest BCUT2D eigenvalue weighted by molar-refractivity contribution is 5.94. The number of hydrogen-bond acceptors (Lipinski definition) is 3. The van der Waals surface area contributed by atoms with Gasteiger partial charge in [-0.15, -0.1) is 5.10 Å². The molecule has 0 radical (unpaired) electrons. The van der Waals surface area contributed by atoms with Crippen molar-refractivity contribution in [2.24, 2.45) is 5.92 Å². The van der Waals surface area contributed by atoms with Crippen molar-refractivity contribution >= 4 is 5.78 Å². The summed E-state index contributed by atoms with van der Waals surface area (Å²) in [6.07, 6.45) is 4.53. The SMILES string of the molecule is O=C(CC1CC1)c1cnn(-c2ccccc2)n1. The van der Waals surface area contributed by atoms with Crippen LogP contribution < -0.4 is 0 Å². The van der Waals surface area contributed by atoms with Crippen LogP contribution in [0.25, 0.3) is 5.69 Å². The quantitative estimate of drug-likeness (QED) is 0.753. The Balaban J connectivity index is 1.80. The number of ketones is 1. The number of para-hydroxylation sites is 1. The van der Waals surface area contributed by atoms with E-state index < -0.39 is 0 Å². The molecule has 1 heterocycles. The number of hydrogen-bond donors (Lipinski definition) is 0. The molecule has 86 valence electrons. The molecule has 0 amide bonds. The molecule has 1 fully saturated rings. The lowest BCUT2D eigenvalue weighted by Crippen LogP contribution is -2.03. The van der Waals surface area contributed by atoms with Crippen LogP contribution in [0.15, 0.2) is 36.5 Å². The van der Waals surface area contributed by atoms with Gasteiger partial charge < -0.3 is 0 Å². The average molecular weight is 227 g/mol. The molecule has 0 spiro atoms. The molecule has 4 heteroatoms. The lowest BCUT2D eigenvalue weighted by molar-refractivity contribution is 0.0971. The van der Waals surface area contributed by atoms with Crippen LogP contribution in [0.3, 0.4) is 0 Å². The zero-order valence-corrected chi connectivity index (χ0v) is 9.41. The van der Waals surface area contributed by atoms with E-state index in [1.165, 1.54) is 17.6 Å². The highest BCUT2D eigenvalue weighted by Gasteiger charge is 2.26. The Morgan fingerprint density at radius 3 is 2.76 bits per heavy atom. The van der Waals surface area contributed by atoms with Gasteiger partial charge in [-0.05, 0) is 30.9 Å². The van der Waals surface area contributed by atoms with Gasteiger partial charge in [0.2, 0.25) is 0 Å². The maximum absolute atomic E-state index is 11.8. The molecule has 0 bridgehead atoms. The van der Waals surface area contributed by atoms with E-state index >= 15 is 0 Å². The molecule has 1 aliphatic carbocycles. The van der Waals surface area contributed by atoms with E-state index in [2.05, 4.69) is 10.2 Å². The second kappa shape index (κ2) is 4.13. The van der Waals surface area contributed by atoms with Gasteiger partial charge in [0.15, 0.2) is 5.78 Å². The standard InChI is InChI=1S/C13H13N3O/c17-13(8-10-6-7-10)12-9-14-16(15-12)11-4-2-1-3-5-11/h1-5,9-10H,6-8H2. The molecule has 0 aliphatic heterocycles. The number of carbonyl (C=O) groups excluding carboxylic acids is 1. The maximum Gasteiger partial charge on any atom is 0.185 e. The Morgan fingerprint density at radius 2 is 2.06 bits per heavy atom. The van der Waals surface area contributed by atoms with E-state index in [0.717, 1.165) is 5.69 Å². The molecule has 1 aliphatic rings. The van der Waals surface area contributed by atoms with E-state index in [9.17, 15) is 4.79 Å². The number of carbonyl (C=O) groups is 1. The van der Waals surface area contributed by atoms with E-state index in [-0.39, 0.29) is 5.78 Å². The minimum Gasteiger partial charge on any atom is -0.292 e. The molecule has 0 unspecified atom stereocenters. The molecule has 3 rings (SSSR count). The Labute approximate surface area is 99.3 Å². The molecule has 0 N–H and O–H groups in total. The van der Waals surface area contributed by atoms with Crippen molar-refractivity contribution in [3.63, 3.8) is 0 Å². The predicted molar refractivity (Wildman–Crippen MR) is 63.0 cm³/mol. The highest BCUT2D eigenvalue weighted by Crippen LogP contribution is 2.33. The fourth-order valence-corrected chi connectivity index (χ4v) is 1.77. The van der Waals surface area contributed by atoms with Crippen LogP contribution in [0.4, 0.5) is 0 Å². The van der Waals surface area contributed by atoms with Gasteiger partial charge in [0.1, 0.15) is 5.69 Å². The van der Waals surface area contributed by atoms with E-state index in [1.54, 1.807) is 6.20 Å². The van der Waals surface area contributed by atoms with Crippen molar-refractivity contribution in [1.29, 1.82) is 0 Å². The van der Waals surface area contributed by atoms with Crippen molar-refractivity contribution in [3.05, 3.63) is 42.2 Å². The smallest absolute Gasteiger partial charge is 0.185 e. The number of Topliss-reactive ketones (excluding diaryl/α,β-unsaturated/α-hetero) is 1. The molecule has 1 aromatic heterocycles. The van der Waals surface area contributed by atoms with E-state index in [4.69, 9.17) is 0 Å². The van der Waals surface area contributed by atoms with Crippen LogP contribution in [0.5, 0.6) is 0 Å². The summed E-state index contributed by atoms with van der Waals surface area (Å²) in [4.78, 5) is 13.3. The fraction of sp³-hybridized carbons (Fsp3) is 0.308. The summed E-state index contributed by atoms with van der Waals surface area (Å²) in [5.74, 6) is 0.694. The van der Waals surface area contributed by atoms with Crippen LogP contribution in [-0.2, 0) is 0 Å². The zero-order valence-electron chi connectivity index (χ0n) is 9.41. The molecule has 0 saturated heterocycles. The first kappa shape index (κ1) is 10.2. The van der Waals surface area contributed by atoms with Gasteiger partial charge in [0.25, 0.3) is 0 Å². The molecular formula is C13H13N3O. The van der Waals surface area contributed by atoms with Crippen LogP contribution in [0.2, 0.25) is 0 Å². The van der Waals surface area contributed by atoms with Crippen molar-refractivity contribution in [2.45, 2.75) is 19.3 Å². The van der Waals surface area contributed by atoms with Gasteiger partial charge in [-0.25, -0.2) is 0 Å². The molecular weight excluding hydrogens is 214 g/mol. The van der Waals surface area contributed by atoms with Crippen LogP contribution in [0.1, 0.15) is 29.8 Å². The van der Waals surface area contributed by atoms with Crippen molar-refractivity contribution in [3.8, 4) is 5.69 Å². The summed E-state index contributed by atoms with van der Waals surface area (Å²) in [6, 6.07) is 9.60. The van der Waals surface area contributed by atoms with Crippen LogP contribution in [0, 0.1) is 5.92 Å². The minimum absolute atomic E-state index is 0.106. The van der Waals surface area contributed by atoms with Crippen LogP contribution in [-0.4, -0.2) is 20.8 Å². The Kier molecular flexibility index (Phi) is 2.48. The van der Waals surface area contributed by atoms with Crippen LogP contribution >= 0.6 is 0 Å². The van der Waals surface area contributed by atoms with E-state index in [1.807, 2.05) is 30.3 Å². The first-order valence-electron chi connectivity index (χ1n) is 5.84. The number of rotatable bonds is 4. The second-order valence-electron chi connectivity index (χ2n) is 4.43. The van der Waals surface area contributed by atoms with E-state index in [0.29, 0.717) is 18.0 Å². The summed E-state index contributed by atoms with van der Waals surface area (Å²) >= 11 is 0. The summed E-state index contributed by atoms with van der Waals surface area (Å²) in [5, 5.41) is 8.34. The maximum atomic E-state index is 11.8. The van der Waals surface area contributed by atoms with Gasteiger partial charge >= 0.3 is 0 Å². The second-order valence-corrected chi connectivity index (χ2v) is 4.43. The van der Waals surface area contributed by atoms with Crippen molar-refractivity contribution in [1.82, 2.24) is 15.0 Å². The number of benzene rings is 1. The lowest BCUT2D eigenvalue weighted by atomic mass is 10.2. The van der Waals surface area contributed by atoms with Gasteiger partial charge in [-0.2, -0.15) is 9.90 Å². The first-order valence-corrected chi connectivity index (χ1v) is 5.84. The van der Waals surface area contributed by atoms with Crippen molar-refractivity contribution in [2.75, 3.05) is 0 Å². The predicted octanol–water partition coefficient (Wildman–Crippen LogP) is 2.25. The average Bonchev–Trinajstić information content (AvgIpc) is 3.04. The lowest BCUT2D eigenvalue weighted by Gasteiger charge is -1.97. The van der Waals surface area contributed by atoms with Gasteiger partial charge in [-0.1, -0.05) is 18.2 Å². The third-order valence-corrected chi connectivity index (χ3v) is 2.94. The molecule has 4 nitrogen and oxygen atoms in total. The first-order chi connectivity index (χ1) is 8.33. The van der Waals surface area contributed by atoms with Gasteiger partial charge in [-0.3, -0.25) is 4.79 Å². The Morgan fingerprint density at radius 1 is 1.29 bits per heavy atom. The topological polar surface area (TPSA) is 47.8 Å². The Bertz CT molecular complexity index is 529. The number of aromatic nitrogens is 3. The normalized spacial score (nSPS) is 14.8. The van der Waals surface area contributed by atoms with Crippen molar-refractivity contribution < 1.29 is 4.79 Å². The minimum atomic E-state index is 0.106. The number of nitrogens with zero attached hydrogens (tertiary/aromatic N) is 3. The summed E-state index contributed by atoms with van der Waals surface area (Å²) in [7, 11) is 0. The molecule has 1 saturated carbocycles. The summed E-state index contributed by atoms with van der Waals surface area (Å²) in [6.45, 7) is 0. The zero-order chi connectivity index (χ0) is 11.7. The largest absolute Gasteiger partial charge is 0.292 e. The van der Waals surface area contributed by atoms with Gasteiger partial charge in [0, 0.05) is 6.42 Å². The third kappa shape index (κ3) is 2.25. The third-order valence-electron chi connectivity index (χ3n) is 2.94. The molecule has 1 aromatic carbocycles. The molecule has 2 aromatic rings. The highest BCUT2D eigenvalue weighted by atomic mass is 16.1. The Hall–Kier alpha value is -1.97.